The van der Waals surface area contributed by atoms with E-state index in [2.05, 4.69) is 10.6 Å². The molecular weight excluding hydrogens is 348 g/mol. The Morgan fingerprint density at radius 2 is 1.32 bits per heavy atom. The van der Waals surface area contributed by atoms with Crippen LogP contribution in [0.2, 0.25) is 0 Å². The highest BCUT2D eigenvalue weighted by molar-refractivity contribution is 5.92. The summed E-state index contributed by atoms with van der Waals surface area (Å²) in [7, 11) is 0. The molecule has 4 heteroatoms. The van der Waals surface area contributed by atoms with Gasteiger partial charge < -0.3 is 15.4 Å². The van der Waals surface area contributed by atoms with Gasteiger partial charge >= 0.3 is 0 Å². The molecule has 0 radical (unpaired) electrons. The fourth-order valence-electron chi connectivity index (χ4n) is 2.93. The zero-order valence-corrected chi connectivity index (χ0v) is 15.3. The van der Waals surface area contributed by atoms with Crippen LogP contribution in [-0.4, -0.2) is 12.5 Å². The van der Waals surface area contributed by atoms with E-state index in [1.807, 2.05) is 97.1 Å². The van der Waals surface area contributed by atoms with Crippen LogP contribution in [0.1, 0.15) is 0 Å². The molecule has 0 saturated heterocycles. The second-order valence-electron chi connectivity index (χ2n) is 6.41. The first-order valence-corrected chi connectivity index (χ1v) is 9.10. The van der Waals surface area contributed by atoms with Gasteiger partial charge in [0, 0.05) is 17.1 Å². The molecule has 28 heavy (non-hydrogen) atoms. The number of ether oxygens (including phenoxy) is 1. The van der Waals surface area contributed by atoms with E-state index in [1.54, 1.807) is 0 Å². The van der Waals surface area contributed by atoms with Crippen LogP contribution in [0.5, 0.6) is 5.75 Å². The summed E-state index contributed by atoms with van der Waals surface area (Å²) >= 11 is 0. The molecule has 0 bridgehead atoms. The maximum atomic E-state index is 12.2. The molecule has 0 spiro atoms. The third kappa shape index (κ3) is 4.48. The summed E-state index contributed by atoms with van der Waals surface area (Å²) in [4.78, 5) is 12.2. The summed E-state index contributed by atoms with van der Waals surface area (Å²) < 4.78 is 5.63. The van der Waals surface area contributed by atoms with Crippen LogP contribution >= 0.6 is 0 Å². The van der Waals surface area contributed by atoms with Gasteiger partial charge in [-0.3, -0.25) is 4.79 Å². The second-order valence-corrected chi connectivity index (χ2v) is 6.41. The molecule has 4 aromatic rings. The van der Waals surface area contributed by atoms with Gasteiger partial charge in [-0.05, 0) is 59.3 Å². The number of hydrogen-bond acceptors (Lipinski definition) is 3. The van der Waals surface area contributed by atoms with E-state index >= 15 is 0 Å². The third-order valence-corrected chi connectivity index (χ3v) is 4.32. The van der Waals surface area contributed by atoms with Gasteiger partial charge in [-0.15, -0.1) is 0 Å². The topological polar surface area (TPSA) is 50.4 Å². The van der Waals surface area contributed by atoms with Crippen molar-refractivity contribution in [3.8, 4) is 5.75 Å². The Morgan fingerprint density at radius 3 is 2.11 bits per heavy atom. The standard InChI is InChI=1S/C24H20N2O2/c27-24(17-28-23-15-10-18-6-4-5-7-19(18)16-23)26-22-13-11-21(12-14-22)25-20-8-2-1-3-9-20/h1-16,25H,17H2,(H,26,27). The Balaban J connectivity index is 1.31. The van der Waals surface area contributed by atoms with Crippen LogP contribution in [-0.2, 0) is 4.79 Å². The van der Waals surface area contributed by atoms with E-state index < -0.39 is 0 Å². The van der Waals surface area contributed by atoms with Gasteiger partial charge in [-0.2, -0.15) is 0 Å². The lowest BCUT2D eigenvalue weighted by molar-refractivity contribution is -0.118. The maximum absolute atomic E-state index is 12.2. The van der Waals surface area contributed by atoms with Gasteiger partial charge in [0.2, 0.25) is 0 Å². The number of para-hydroxylation sites is 1. The van der Waals surface area contributed by atoms with Crippen molar-refractivity contribution in [3.05, 3.63) is 97.1 Å². The highest BCUT2D eigenvalue weighted by atomic mass is 16.5. The SMILES string of the molecule is O=C(COc1ccc2ccccc2c1)Nc1ccc(Nc2ccccc2)cc1. The van der Waals surface area contributed by atoms with Crippen molar-refractivity contribution in [1.82, 2.24) is 0 Å². The van der Waals surface area contributed by atoms with E-state index in [0.29, 0.717) is 5.75 Å². The van der Waals surface area contributed by atoms with Gasteiger partial charge in [0.1, 0.15) is 5.75 Å². The largest absolute Gasteiger partial charge is 0.484 e. The molecule has 0 unspecified atom stereocenters. The summed E-state index contributed by atoms with van der Waals surface area (Å²) in [5.74, 6) is 0.480. The molecule has 0 aliphatic heterocycles. The molecular formula is C24H20N2O2. The van der Waals surface area contributed by atoms with E-state index in [-0.39, 0.29) is 12.5 Å². The first kappa shape index (κ1) is 17.6. The molecule has 0 fully saturated rings. The van der Waals surface area contributed by atoms with Gasteiger partial charge in [0.15, 0.2) is 6.61 Å². The average Bonchev–Trinajstić information content (AvgIpc) is 2.74. The lowest BCUT2D eigenvalue weighted by Crippen LogP contribution is -2.20. The van der Waals surface area contributed by atoms with Crippen LogP contribution in [0.25, 0.3) is 10.8 Å². The summed E-state index contributed by atoms with van der Waals surface area (Å²) in [6, 6.07) is 31.3. The summed E-state index contributed by atoms with van der Waals surface area (Å²) in [5, 5.41) is 8.38. The van der Waals surface area contributed by atoms with E-state index in [4.69, 9.17) is 4.74 Å². The Bertz CT molecular complexity index is 1080. The van der Waals surface area contributed by atoms with Gasteiger partial charge in [-0.25, -0.2) is 0 Å². The number of rotatable bonds is 6. The predicted molar refractivity (Wildman–Crippen MR) is 114 cm³/mol. The van der Waals surface area contributed by atoms with Crippen LogP contribution < -0.4 is 15.4 Å². The number of carbonyl (C=O) groups excluding carboxylic acids is 1. The van der Waals surface area contributed by atoms with Crippen LogP contribution in [0.3, 0.4) is 0 Å². The number of carbonyl (C=O) groups is 1. The molecule has 1 amide bonds. The third-order valence-electron chi connectivity index (χ3n) is 4.32. The molecule has 138 valence electrons. The molecule has 0 atom stereocenters. The highest BCUT2D eigenvalue weighted by Gasteiger charge is 2.05. The summed E-state index contributed by atoms with van der Waals surface area (Å²) in [5.41, 5.74) is 2.70. The molecule has 0 aliphatic rings. The second kappa shape index (κ2) is 8.27. The monoisotopic (exact) mass is 368 g/mol. The van der Waals surface area contributed by atoms with Crippen LogP contribution in [0.15, 0.2) is 97.1 Å². The Morgan fingerprint density at radius 1 is 0.679 bits per heavy atom. The van der Waals surface area contributed by atoms with E-state index in [1.165, 1.54) is 0 Å². The molecule has 0 heterocycles. The smallest absolute Gasteiger partial charge is 0.262 e. The van der Waals surface area contributed by atoms with Crippen molar-refractivity contribution in [2.75, 3.05) is 17.2 Å². The fourth-order valence-corrected chi connectivity index (χ4v) is 2.93. The first-order valence-electron chi connectivity index (χ1n) is 9.10. The Kier molecular flexibility index (Phi) is 5.20. The maximum Gasteiger partial charge on any atom is 0.262 e. The van der Waals surface area contributed by atoms with Crippen LogP contribution in [0.4, 0.5) is 17.1 Å². The Hall–Kier alpha value is -3.79. The fraction of sp³-hybridized carbons (Fsp3) is 0.0417. The van der Waals surface area contributed by atoms with Crippen molar-refractivity contribution in [1.29, 1.82) is 0 Å². The number of amides is 1. The number of fused-ring (bicyclic) bond motifs is 1. The molecule has 0 saturated carbocycles. The predicted octanol–water partition coefficient (Wildman–Crippen LogP) is 5.60. The zero-order chi connectivity index (χ0) is 19.2. The van der Waals surface area contributed by atoms with Crippen molar-refractivity contribution >= 4 is 33.7 Å². The average molecular weight is 368 g/mol. The lowest BCUT2D eigenvalue weighted by atomic mass is 10.1. The minimum absolute atomic E-state index is 0.0393. The van der Waals surface area contributed by atoms with E-state index in [0.717, 1.165) is 27.8 Å². The van der Waals surface area contributed by atoms with E-state index in [9.17, 15) is 4.79 Å². The molecule has 4 rings (SSSR count). The lowest BCUT2D eigenvalue weighted by Gasteiger charge is -2.10. The van der Waals surface area contributed by atoms with Crippen molar-refractivity contribution in [2.24, 2.45) is 0 Å². The Labute approximate surface area is 163 Å². The van der Waals surface area contributed by atoms with Crippen molar-refractivity contribution < 1.29 is 9.53 Å². The van der Waals surface area contributed by atoms with Crippen LogP contribution in [0, 0.1) is 0 Å². The molecule has 4 nitrogen and oxygen atoms in total. The zero-order valence-electron chi connectivity index (χ0n) is 15.3. The molecule has 4 aromatic carbocycles. The normalized spacial score (nSPS) is 10.4. The summed E-state index contributed by atoms with van der Waals surface area (Å²) in [6.07, 6.45) is 0. The van der Waals surface area contributed by atoms with Gasteiger partial charge in [0.25, 0.3) is 5.91 Å². The quantitative estimate of drug-likeness (QED) is 0.466. The first-order chi connectivity index (χ1) is 13.8. The minimum Gasteiger partial charge on any atom is -0.484 e. The molecule has 0 aliphatic carbocycles. The van der Waals surface area contributed by atoms with Gasteiger partial charge in [-0.1, -0.05) is 48.5 Å². The molecule has 0 aromatic heterocycles. The summed E-state index contributed by atoms with van der Waals surface area (Å²) in [6.45, 7) is -0.0393. The number of anilines is 3. The molecule has 2 N–H and O–H groups in total. The number of benzene rings is 4. The van der Waals surface area contributed by atoms with Gasteiger partial charge in [0.05, 0.1) is 0 Å². The minimum atomic E-state index is -0.197. The highest BCUT2D eigenvalue weighted by Crippen LogP contribution is 2.21. The van der Waals surface area contributed by atoms with Crippen molar-refractivity contribution in [2.45, 2.75) is 0 Å². The van der Waals surface area contributed by atoms with Crippen molar-refractivity contribution in [3.63, 3.8) is 0 Å². The number of nitrogens with one attached hydrogen (secondary N) is 2. The number of hydrogen-bond donors (Lipinski definition) is 2.